The van der Waals surface area contributed by atoms with Crippen LogP contribution in [0.1, 0.15) is 30.2 Å². The lowest BCUT2D eigenvalue weighted by Gasteiger charge is -2.13. The van der Waals surface area contributed by atoms with Crippen LogP contribution in [0.15, 0.2) is 9.95 Å². The lowest BCUT2D eigenvalue weighted by Crippen LogP contribution is -2.26. The van der Waals surface area contributed by atoms with Gasteiger partial charge in [-0.25, -0.2) is 4.98 Å². The molecule has 1 aliphatic rings. The number of hydrogen-bond donors (Lipinski definition) is 0. The van der Waals surface area contributed by atoms with Crippen molar-refractivity contribution in [3.63, 3.8) is 0 Å². The van der Waals surface area contributed by atoms with Gasteiger partial charge in [-0.05, 0) is 38.2 Å². The van der Waals surface area contributed by atoms with Crippen molar-refractivity contribution in [3.8, 4) is 6.07 Å². The number of nitriles is 1. The van der Waals surface area contributed by atoms with Gasteiger partial charge in [-0.2, -0.15) is 5.26 Å². The maximum absolute atomic E-state index is 13.0. The van der Waals surface area contributed by atoms with E-state index in [4.69, 9.17) is 15.0 Å². The number of aromatic nitrogens is 2. The van der Waals surface area contributed by atoms with E-state index in [0.717, 1.165) is 29.5 Å². The highest BCUT2D eigenvalue weighted by Gasteiger charge is 2.22. The van der Waals surface area contributed by atoms with Crippen molar-refractivity contribution in [2.75, 3.05) is 13.7 Å². The number of nitrogens with zero attached hydrogens (tertiary/aromatic N) is 3. The third-order valence-corrected chi connectivity index (χ3v) is 6.19. The number of aryl methyl sites for hydroxylation is 2. The molecular weight excluding hydrogens is 330 g/mol. The van der Waals surface area contributed by atoms with Gasteiger partial charge in [-0.1, -0.05) is 11.8 Å². The van der Waals surface area contributed by atoms with Crippen molar-refractivity contribution in [2.45, 2.75) is 49.6 Å². The van der Waals surface area contributed by atoms with Crippen molar-refractivity contribution >= 4 is 33.3 Å². The van der Waals surface area contributed by atoms with E-state index in [9.17, 15) is 4.79 Å². The van der Waals surface area contributed by atoms with Gasteiger partial charge in [0.1, 0.15) is 4.83 Å². The summed E-state index contributed by atoms with van der Waals surface area (Å²) in [6, 6.07) is 2.19. The maximum atomic E-state index is 13.0. The maximum Gasteiger partial charge on any atom is 0.263 e. The molecule has 1 unspecified atom stereocenters. The topological polar surface area (TPSA) is 67.9 Å². The quantitative estimate of drug-likeness (QED) is 0.613. The highest BCUT2D eigenvalue weighted by molar-refractivity contribution is 8.00. The fraction of sp³-hybridized carbons (Fsp3) is 0.562. The van der Waals surface area contributed by atoms with Crippen LogP contribution < -0.4 is 5.56 Å². The number of thioether (sulfide) groups is 1. The number of rotatable bonds is 5. The second kappa shape index (κ2) is 7.04. The van der Waals surface area contributed by atoms with Crippen LogP contribution in [0.25, 0.3) is 10.2 Å². The molecule has 3 rings (SSSR count). The van der Waals surface area contributed by atoms with Gasteiger partial charge in [0.25, 0.3) is 5.56 Å². The number of methoxy groups -OCH3 is 1. The van der Waals surface area contributed by atoms with Gasteiger partial charge in [-0.3, -0.25) is 9.36 Å². The average molecular weight is 349 g/mol. The lowest BCUT2D eigenvalue weighted by atomic mass is 9.97. The van der Waals surface area contributed by atoms with Crippen LogP contribution >= 0.6 is 23.1 Å². The minimum Gasteiger partial charge on any atom is -0.383 e. The molecule has 0 amide bonds. The van der Waals surface area contributed by atoms with E-state index in [2.05, 4.69) is 6.07 Å². The molecule has 1 atom stereocenters. The minimum absolute atomic E-state index is 0.0130. The van der Waals surface area contributed by atoms with Gasteiger partial charge in [0, 0.05) is 12.0 Å². The zero-order valence-corrected chi connectivity index (χ0v) is 14.9. The van der Waals surface area contributed by atoms with E-state index >= 15 is 0 Å². The molecular formula is C16H19N3O2S2. The Morgan fingerprint density at radius 1 is 1.48 bits per heavy atom. The number of hydrogen-bond acceptors (Lipinski definition) is 6. The first-order valence-corrected chi connectivity index (χ1v) is 9.45. The average Bonchev–Trinajstić information content (AvgIpc) is 2.92. The van der Waals surface area contributed by atoms with Gasteiger partial charge in [0.2, 0.25) is 0 Å². The Balaban J connectivity index is 2.17. The third kappa shape index (κ3) is 3.16. The molecule has 0 radical (unpaired) electrons. The summed E-state index contributed by atoms with van der Waals surface area (Å²) in [5.41, 5.74) is 1.21. The zero-order valence-electron chi connectivity index (χ0n) is 13.3. The van der Waals surface area contributed by atoms with Crippen LogP contribution in [0.5, 0.6) is 0 Å². The second-order valence-electron chi connectivity index (χ2n) is 5.62. The van der Waals surface area contributed by atoms with Crippen molar-refractivity contribution < 1.29 is 4.74 Å². The van der Waals surface area contributed by atoms with E-state index < -0.39 is 0 Å². The molecule has 0 aromatic carbocycles. The van der Waals surface area contributed by atoms with Crippen molar-refractivity contribution in [2.24, 2.45) is 0 Å². The molecule has 0 N–H and O–H groups in total. The Bertz CT molecular complexity index is 819. The van der Waals surface area contributed by atoms with E-state index in [1.54, 1.807) is 23.0 Å². The molecule has 0 spiro atoms. The zero-order chi connectivity index (χ0) is 16.4. The Kier molecular flexibility index (Phi) is 5.05. The molecule has 122 valence electrons. The Hall–Kier alpha value is -1.36. The highest BCUT2D eigenvalue weighted by Crippen LogP contribution is 2.35. The summed E-state index contributed by atoms with van der Waals surface area (Å²) < 4.78 is 6.81. The summed E-state index contributed by atoms with van der Waals surface area (Å²) in [4.78, 5) is 19.9. The van der Waals surface area contributed by atoms with Crippen LogP contribution in [-0.2, 0) is 24.1 Å². The number of fused-ring (bicyclic) bond motifs is 3. The van der Waals surface area contributed by atoms with E-state index in [0.29, 0.717) is 18.3 Å². The van der Waals surface area contributed by atoms with Crippen LogP contribution in [0, 0.1) is 11.3 Å². The molecule has 0 bridgehead atoms. The Morgan fingerprint density at radius 2 is 2.26 bits per heavy atom. The van der Waals surface area contributed by atoms with E-state index in [1.165, 1.54) is 28.6 Å². The summed E-state index contributed by atoms with van der Waals surface area (Å²) in [6.07, 6.45) is 4.34. The van der Waals surface area contributed by atoms with Crippen LogP contribution in [-0.4, -0.2) is 28.5 Å². The molecule has 0 saturated carbocycles. The van der Waals surface area contributed by atoms with Gasteiger partial charge in [0.05, 0.1) is 29.9 Å². The monoisotopic (exact) mass is 349 g/mol. The predicted molar refractivity (Wildman–Crippen MR) is 93.3 cm³/mol. The molecule has 5 nitrogen and oxygen atoms in total. The SMILES string of the molecule is COCCn1c(SC(C)C#N)nc2sc3c(c2c1=O)CCCC3. The van der Waals surface area contributed by atoms with E-state index in [1.807, 2.05) is 6.92 Å². The molecule has 0 fully saturated rings. The van der Waals surface area contributed by atoms with Gasteiger partial charge < -0.3 is 4.74 Å². The Labute approximate surface area is 143 Å². The summed E-state index contributed by atoms with van der Waals surface area (Å²) in [5, 5.41) is 10.2. The summed E-state index contributed by atoms with van der Waals surface area (Å²) in [7, 11) is 1.62. The first-order valence-electron chi connectivity index (χ1n) is 7.76. The predicted octanol–water partition coefficient (Wildman–Crippen LogP) is 2.99. The van der Waals surface area contributed by atoms with E-state index in [-0.39, 0.29) is 10.8 Å². The van der Waals surface area contributed by atoms with Gasteiger partial charge in [0.15, 0.2) is 5.16 Å². The molecule has 0 aliphatic heterocycles. The van der Waals surface area contributed by atoms with Gasteiger partial charge >= 0.3 is 0 Å². The number of ether oxygens (including phenoxy) is 1. The fourth-order valence-electron chi connectivity index (χ4n) is 2.87. The van der Waals surface area contributed by atoms with Crippen LogP contribution in [0.2, 0.25) is 0 Å². The smallest absolute Gasteiger partial charge is 0.263 e. The first-order chi connectivity index (χ1) is 11.2. The Morgan fingerprint density at radius 3 is 3.00 bits per heavy atom. The molecule has 0 saturated heterocycles. The second-order valence-corrected chi connectivity index (χ2v) is 8.02. The molecule has 7 heteroatoms. The molecule has 1 aliphatic carbocycles. The molecule has 2 aromatic heterocycles. The van der Waals surface area contributed by atoms with Crippen molar-refractivity contribution in [1.82, 2.24) is 9.55 Å². The van der Waals surface area contributed by atoms with Crippen molar-refractivity contribution in [3.05, 3.63) is 20.8 Å². The summed E-state index contributed by atoms with van der Waals surface area (Å²) >= 11 is 2.98. The normalized spacial score (nSPS) is 15.3. The lowest BCUT2D eigenvalue weighted by molar-refractivity contribution is 0.183. The molecule has 2 aromatic rings. The van der Waals surface area contributed by atoms with Crippen LogP contribution in [0.3, 0.4) is 0 Å². The fourth-order valence-corrected chi connectivity index (χ4v) is 5.00. The minimum atomic E-state index is -0.247. The van der Waals surface area contributed by atoms with Crippen LogP contribution in [0.4, 0.5) is 0 Å². The largest absolute Gasteiger partial charge is 0.383 e. The van der Waals surface area contributed by atoms with Gasteiger partial charge in [-0.15, -0.1) is 11.3 Å². The summed E-state index contributed by atoms with van der Waals surface area (Å²) in [5.74, 6) is 0. The summed E-state index contributed by atoms with van der Waals surface area (Å²) in [6.45, 7) is 2.73. The molecule has 2 heterocycles. The number of thiophene rings is 1. The highest BCUT2D eigenvalue weighted by atomic mass is 32.2. The standard InChI is InChI=1S/C16H19N3O2S2/c1-10(9-17)22-16-18-14-13(15(20)19(16)7-8-21-2)11-5-3-4-6-12(11)23-14/h10H,3-8H2,1-2H3. The van der Waals surface area contributed by atoms with Crippen molar-refractivity contribution in [1.29, 1.82) is 5.26 Å². The third-order valence-electron chi connectivity index (χ3n) is 4.02. The first kappa shape index (κ1) is 16.5. The molecule has 23 heavy (non-hydrogen) atoms.